The Labute approximate surface area is 153 Å². The lowest BCUT2D eigenvalue weighted by atomic mass is 9.89. The van der Waals surface area contributed by atoms with Crippen LogP contribution in [-0.2, 0) is 6.42 Å². The number of aryl methyl sites for hydroxylation is 2. The third kappa shape index (κ3) is 2.78. The van der Waals surface area contributed by atoms with Gasteiger partial charge in [0.15, 0.2) is 16.6 Å². The summed E-state index contributed by atoms with van der Waals surface area (Å²) in [4.78, 5) is 37.3. The molecule has 0 atom stereocenters. The van der Waals surface area contributed by atoms with E-state index < -0.39 is 0 Å². The second-order valence-corrected chi connectivity index (χ2v) is 7.17. The molecule has 26 heavy (non-hydrogen) atoms. The number of carbonyl (C=O) groups excluding carboxylic acids is 1. The number of rotatable bonds is 4. The number of fused-ring (bicyclic) bond motifs is 2. The molecule has 0 aliphatic heterocycles. The first-order valence-corrected chi connectivity index (χ1v) is 9.37. The zero-order chi connectivity index (χ0) is 18.3. The zero-order valence-corrected chi connectivity index (χ0v) is 15.1. The monoisotopic (exact) mass is 367 g/mol. The number of nitrogens with one attached hydrogen (secondary N) is 1. The van der Waals surface area contributed by atoms with Gasteiger partial charge in [-0.25, -0.2) is 9.97 Å². The van der Waals surface area contributed by atoms with E-state index in [1.54, 1.807) is 12.1 Å². The van der Waals surface area contributed by atoms with Crippen LogP contribution in [0.2, 0.25) is 0 Å². The number of Topliss-reactive ketones (excluding diaryl/α,β-unsaturated/α-hetero) is 1. The predicted molar refractivity (Wildman–Crippen MR) is 101 cm³/mol. The quantitative estimate of drug-likeness (QED) is 0.430. The molecule has 6 nitrogen and oxygen atoms in total. The molecule has 0 amide bonds. The van der Waals surface area contributed by atoms with Crippen molar-refractivity contribution in [1.82, 2.24) is 15.0 Å². The number of hydrogen-bond donors (Lipinski definition) is 1. The van der Waals surface area contributed by atoms with Crippen LogP contribution in [0.25, 0.3) is 22.4 Å². The van der Waals surface area contributed by atoms with Crippen molar-refractivity contribution in [2.75, 3.05) is 5.75 Å². The molecular weight excluding hydrogens is 350 g/mol. The number of H-pyrrole nitrogens is 1. The number of furan rings is 1. The molecule has 0 radical (unpaired) electrons. The highest BCUT2D eigenvalue weighted by molar-refractivity contribution is 7.99. The summed E-state index contributed by atoms with van der Waals surface area (Å²) in [5, 5.41) is 0.787. The highest BCUT2D eigenvalue weighted by Gasteiger charge is 2.28. The molecule has 1 N–H and O–H groups in total. The van der Waals surface area contributed by atoms with Gasteiger partial charge in [-0.3, -0.25) is 9.59 Å². The molecule has 4 rings (SSSR count). The Balaban J connectivity index is 2.07. The summed E-state index contributed by atoms with van der Waals surface area (Å²) in [5.74, 6) is 1.83. The number of thioether (sulfide) groups is 1. The van der Waals surface area contributed by atoms with Crippen molar-refractivity contribution in [1.29, 1.82) is 0 Å². The molecule has 132 valence electrons. The summed E-state index contributed by atoms with van der Waals surface area (Å²) in [6.07, 6.45) is 3.63. The van der Waals surface area contributed by atoms with Crippen molar-refractivity contribution in [3.05, 3.63) is 52.2 Å². The van der Waals surface area contributed by atoms with E-state index >= 15 is 0 Å². The molecule has 7 heteroatoms. The Kier molecular flexibility index (Phi) is 4.24. The van der Waals surface area contributed by atoms with Gasteiger partial charge in [0.05, 0.1) is 16.6 Å². The van der Waals surface area contributed by atoms with Crippen molar-refractivity contribution in [3.63, 3.8) is 0 Å². The molecule has 0 saturated heterocycles. The summed E-state index contributed by atoms with van der Waals surface area (Å²) < 4.78 is 5.76. The van der Waals surface area contributed by atoms with Crippen LogP contribution in [0.5, 0.6) is 0 Å². The molecule has 0 fully saturated rings. The van der Waals surface area contributed by atoms with Crippen LogP contribution in [0.1, 0.15) is 34.7 Å². The average molecular weight is 367 g/mol. The molecular formula is C19H17N3O3S. The van der Waals surface area contributed by atoms with E-state index in [-0.39, 0.29) is 11.3 Å². The number of aromatic amines is 1. The standard InChI is InChI=1S/C19H17N3O3S/c1-3-9-26-19-21-17-16(18(24)22-19)15(13-8-7-10(2)25-13)14-11(20-17)5-4-6-12(14)23/h3,7-8H,1,4-6,9H2,2H3,(H,20,21,22,24). The van der Waals surface area contributed by atoms with Gasteiger partial charge in [-0.1, -0.05) is 17.8 Å². The van der Waals surface area contributed by atoms with Crippen molar-refractivity contribution >= 4 is 28.6 Å². The first kappa shape index (κ1) is 16.8. The van der Waals surface area contributed by atoms with E-state index in [2.05, 4.69) is 21.5 Å². The largest absolute Gasteiger partial charge is 0.461 e. The van der Waals surface area contributed by atoms with E-state index in [9.17, 15) is 9.59 Å². The Morgan fingerprint density at radius 1 is 1.27 bits per heavy atom. The number of carbonyl (C=O) groups is 1. The molecule has 3 aromatic heterocycles. The van der Waals surface area contributed by atoms with Gasteiger partial charge < -0.3 is 9.40 Å². The average Bonchev–Trinajstić information content (AvgIpc) is 3.04. The van der Waals surface area contributed by atoms with Crippen LogP contribution in [0.15, 0.2) is 39.2 Å². The molecule has 0 saturated carbocycles. The van der Waals surface area contributed by atoms with Crippen molar-refractivity contribution in [3.8, 4) is 11.3 Å². The second-order valence-electron chi connectivity index (χ2n) is 6.16. The fourth-order valence-corrected chi connectivity index (χ4v) is 3.84. The summed E-state index contributed by atoms with van der Waals surface area (Å²) in [6, 6.07) is 3.60. The summed E-state index contributed by atoms with van der Waals surface area (Å²) in [5.41, 5.74) is 1.72. The summed E-state index contributed by atoms with van der Waals surface area (Å²) >= 11 is 1.38. The minimum atomic E-state index is -0.320. The van der Waals surface area contributed by atoms with Gasteiger partial charge in [-0.2, -0.15) is 0 Å². The van der Waals surface area contributed by atoms with E-state index in [1.165, 1.54) is 11.8 Å². The van der Waals surface area contributed by atoms with Gasteiger partial charge in [0.1, 0.15) is 11.5 Å². The van der Waals surface area contributed by atoms with Gasteiger partial charge in [0, 0.05) is 17.7 Å². The van der Waals surface area contributed by atoms with Crippen LogP contribution in [-0.4, -0.2) is 26.5 Å². The molecule has 0 spiro atoms. The Hall–Kier alpha value is -2.67. The molecule has 3 heterocycles. The number of aromatic nitrogens is 3. The van der Waals surface area contributed by atoms with Gasteiger partial charge in [-0.05, 0) is 31.9 Å². The molecule has 0 aromatic carbocycles. The van der Waals surface area contributed by atoms with Gasteiger partial charge >= 0.3 is 0 Å². The van der Waals surface area contributed by atoms with Gasteiger partial charge in [-0.15, -0.1) is 6.58 Å². The van der Waals surface area contributed by atoms with Crippen molar-refractivity contribution < 1.29 is 9.21 Å². The third-order valence-corrected chi connectivity index (χ3v) is 5.20. The molecule has 3 aromatic rings. The molecule has 0 bridgehead atoms. The molecule has 1 aliphatic rings. The predicted octanol–water partition coefficient (Wildman–Crippen LogP) is 3.68. The fraction of sp³-hybridized carbons (Fsp3) is 0.263. The SMILES string of the molecule is C=CCSc1nc2nc3c(c(-c4ccc(C)o4)c2c(=O)[nH]1)C(=O)CCC3. The highest BCUT2D eigenvalue weighted by atomic mass is 32.2. The van der Waals surface area contributed by atoms with Gasteiger partial charge in [0.25, 0.3) is 5.56 Å². The number of nitrogens with zero attached hydrogens (tertiary/aromatic N) is 2. The normalized spacial score (nSPS) is 13.8. The Morgan fingerprint density at radius 3 is 2.85 bits per heavy atom. The zero-order valence-electron chi connectivity index (χ0n) is 14.3. The van der Waals surface area contributed by atoms with E-state index in [0.717, 1.165) is 6.42 Å². The van der Waals surface area contributed by atoms with Crippen molar-refractivity contribution in [2.45, 2.75) is 31.3 Å². The Morgan fingerprint density at radius 2 is 2.12 bits per heavy atom. The minimum absolute atomic E-state index is 0.00536. The van der Waals surface area contributed by atoms with E-state index in [1.807, 2.05) is 13.0 Å². The van der Waals surface area contributed by atoms with Gasteiger partial charge in [0.2, 0.25) is 0 Å². The topological polar surface area (TPSA) is 88.8 Å². The van der Waals surface area contributed by atoms with Crippen LogP contribution in [0.3, 0.4) is 0 Å². The van der Waals surface area contributed by atoms with Crippen LogP contribution in [0, 0.1) is 6.92 Å². The second kappa shape index (κ2) is 6.57. The fourth-order valence-electron chi connectivity index (χ4n) is 3.24. The number of ketones is 1. The van der Waals surface area contributed by atoms with Crippen LogP contribution in [0.4, 0.5) is 0 Å². The van der Waals surface area contributed by atoms with Crippen molar-refractivity contribution in [2.24, 2.45) is 0 Å². The first-order valence-electron chi connectivity index (χ1n) is 8.39. The Bertz CT molecular complexity index is 1100. The van der Waals surface area contributed by atoms with E-state index in [0.29, 0.717) is 63.1 Å². The first-order chi connectivity index (χ1) is 12.6. The maximum Gasteiger partial charge on any atom is 0.261 e. The number of hydrogen-bond acceptors (Lipinski definition) is 6. The van der Waals surface area contributed by atoms with E-state index in [4.69, 9.17) is 4.42 Å². The smallest absolute Gasteiger partial charge is 0.261 e. The summed E-state index contributed by atoms with van der Waals surface area (Å²) in [7, 11) is 0. The van der Waals surface area contributed by atoms with Crippen LogP contribution < -0.4 is 5.56 Å². The lowest BCUT2D eigenvalue weighted by molar-refractivity contribution is 0.0972. The third-order valence-electron chi connectivity index (χ3n) is 4.33. The maximum absolute atomic E-state index is 12.8. The lowest BCUT2D eigenvalue weighted by Gasteiger charge is -2.18. The highest BCUT2D eigenvalue weighted by Crippen LogP contribution is 2.35. The lowest BCUT2D eigenvalue weighted by Crippen LogP contribution is -2.19. The maximum atomic E-state index is 12.8. The molecule has 1 aliphatic carbocycles. The minimum Gasteiger partial charge on any atom is -0.461 e. The van der Waals surface area contributed by atoms with Crippen LogP contribution >= 0.6 is 11.8 Å². The summed E-state index contributed by atoms with van der Waals surface area (Å²) in [6.45, 7) is 5.50. The number of pyridine rings is 1. The molecule has 0 unspecified atom stereocenters.